The molecule has 1 aromatic carbocycles. The molecule has 0 amide bonds. The van der Waals surface area contributed by atoms with Crippen molar-refractivity contribution in [3.8, 4) is 0 Å². The summed E-state index contributed by atoms with van der Waals surface area (Å²) in [5, 5.41) is 0. The molecule has 11 heavy (non-hydrogen) atoms. The van der Waals surface area contributed by atoms with Crippen LogP contribution in [-0.4, -0.2) is 0 Å². The Balaban J connectivity index is 0.000001000. The Kier molecular flexibility index (Phi) is 4.40. The van der Waals surface area contributed by atoms with E-state index in [9.17, 15) is 4.39 Å². The molecule has 0 aromatic heterocycles. The second-order valence-electron chi connectivity index (χ2n) is 1.77. The van der Waals surface area contributed by atoms with Crippen LogP contribution in [0.15, 0.2) is 22.7 Å². The van der Waals surface area contributed by atoms with Crippen LogP contribution in [0.3, 0.4) is 0 Å². The smallest absolute Gasteiger partial charge is 0.125 e. The maximum Gasteiger partial charge on any atom is 0.125 e. The minimum Gasteiger partial charge on any atom is -0.323 e. The van der Waals surface area contributed by atoms with Gasteiger partial charge in [0.2, 0.25) is 0 Å². The average molecular weight is 241 g/mol. The van der Waals surface area contributed by atoms with E-state index in [-0.39, 0.29) is 18.2 Å². The largest absolute Gasteiger partial charge is 0.323 e. The number of hydrazine groups is 1. The van der Waals surface area contributed by atoms with Crippen molar-refractivity contribution in [1.29, 1.82) is 0 Å². The van der Waals surface area contributed by atoms with Crippen molar-refractivity contribution in [3.05, 3.63) is 28.5 Å². The number of rotatable bonds is 1. The maximum atomic E-state index is 12.4. The molecule has 0 heterocycles. The van der Waals surface area contributed by atoms with Crippen molar-refractivity contribution in [2.45, 2.75) is 0 Å². The Morgan fingerprint density at radius 3 is 2.55 bits per heavy atom. The van der Waals surface area contributed by atoms with Gasteiger partial charge in [-0.1, -0.05) is 0 Å². The summed E-state index contributed by atoms with van der Waals surface area (Å²) in [4.78, 5) is 0. The van der Waals surface area contributed by atoms with Crippen molar-refractivity contribution in [2.75, 3.05) is 5.43 Å². The summed E-state index contributed by atoms with van der Waals surface area (Å²) in [5.41, 5.74) is 2.89. The summed E-state index contributed by atoms with van der Waals surface area (Å²) >= 11 is 3.18. The first kappa shape index (κ1) is 10.7. The van der Waals surface area contributed by atoms with Gasteiger partial charge in [-0.25, -0.2) is 4.39 Å². The number of nitrogens with one attached hydrogen (secondary N) is 1. The van der Waals surface area contributed by atoms with E-state index in [1.165, 1.54) is 12.1 Å². The van der Waals surface area contributed by atoms with Crippen molar-refractivity contribution < 1.29 is 4.39 Å². The Hall–Kier alpha value is -0.320. The number of nitrogen functional groups attached to an aromatic ring is 1. The molecule has 5 heteroatoms. The molecule has 0 unspecified atom stereocenters. The summed E-state index contributed by atoms with van der Waals surface area (Å²) in [6, 6.07) is 4.25. The van der Waals surface area contributed by atoms with E-state index in [1.807, 2.05) is 0 Å². The van der Waals surface area contributed by atoms with Gasteiger partial charge in [0.05, 0.1) is 5.69 Å². The lowest BCUT2D eigenvalue weighted by atomic mass is 10.3. The summed E-state index contributed by atoms with van der Waals surface area (Å²) in [5.74, 6) is 4.76. The predicted octanol–water partition coefficient (Wildman–Crippen LogP) is 2.30. The highest BCUT2D eigenvalue weighted by molar-refractivity contribution is 9.10. The van der Waals surface area contributed by atoms with E-state index in [1.54, 1.807) is 6.07 Å². The lowest BCUT2D eigenvalue weighted by molar-refractivity contribution is 0.628. The van der Waals surface area contributed by atoms with E-state index in [2.05, 4.69) is 21.4 Å². The van der Waals surface area contributed by atoms with Gasteiger partial charge >= 0.3 is 0 Å². The minimum atomic E-state index is -0.309. The van der Waals surface area contributed by atoms with Crippen LogP contribution in [0.25, 0.3) is 0 Å². The third-order valence-electron chi connectivity index (χ3n) is 1.08. The number of benzene rings is 1. The molecule has 3 N–H and O–H groups in total. The molecule has 0 bridgehead atoms. The molecule has 2 nitrogen and oxygen atoms in total. The van der Waals surface area contributed by atoms with Crippen LogP contribution >= 0.6 is 28.3 Å². The number of nitrogens with two attached hydrogens (primary N) is 1. The zero-order chi connectivity index (χ0) is 7.56. The molecule has 0 saturated carbocycles. The quantitative estimate of drug-likeness (QED) is 0.585. The van der Waals surface area contributed by atoms with Crippen LogP contribution in [0.2, 0.25) is 0 Å². The molecular formula is C6H7BrClFN2. The SMILES string of the molecule is Cl.NNc1cc(F)ccc1Br. The highest BCUT2D eigenvalue weighted by atomic mass is 79.9. The van der Waals surface area contributed by atoms with Crippen LogP contribution in [0.5, 0.6) is 0 Å². The van der Waals surface area contributed by atoms with E-state index < -0.39 is 0 Å². The molecule has 0 fully saturated rings. The van der Waals surface area contributed by atoms with Crippen molar-refractivity contribution in [3.63, 3.8) is 0 Å². The lowest BCUT2D eigenvalue weighted by Crippen LogP contribution is -2.07. The molecule has 0 radical (unpaired) electrons. The topological polar surface area (TPSA) is 38.0 Å². The van der Waals surface area contributed by atoms with E-state index >= 15 is 0 Å². The van der Waals surface area contributed by atoms with E-state index in [0.717, 1.165) is 4.47 Å². The van der Waals surface area contributed by atoms with Crippen molar-refractivity contribution in [2.24, 2.45) is 5.84 Å². The molecule has 1 rings (SSSR count). The first-order valence-electron chi connectivity index (χ1n) is 2.65. The van der Waals surface area contributed by atoms with Gasteiger partial charge in [0.15, 0.2) is 0 Å². The highest BCUT2D eigenvalue weighted by Crippen LogP contribution is 2.21. The fourth-order valence-corrected chi connectivity index (χ4v) is 0.969. The van der Waals surface area contributed by atoms with Gasteiger partial charge in [0, 0.05) is 4.47 Å². The van der Waals surface area contributed by atoms with Gasteiger partial charge in [-0.15, -0.1) is 12.4 Å². The number of hydrogen-bond acceptors (Lipinski definition) is 2. The summed E-state index contributed by atoms with van der Waals surface area (Å²) in [7, 11) is 0. The number of anilines is 1. The lowest BCUT2D eigenvalue weighted by Gasteiger charge is -2.01. The first-order valence-corrected chi connectivity index (χ1v) is 3.45. The predicted molar refractivity (Wildman–Crippen MR) is 49.2 cm³/mol. The van der Waals surface area contributed by atoms with E-state index in [0.29, 0.717) is 5.69 Å². The third kappa shape index (κ3) is 2.65. The fourth-order valence-electron chi connectivity index (χ4n) is 0.608. The van der Waals surface area contributed by atoms with Crippen molar-refractivity contribution in [1.82, 2.24) is 0 Å². The standard InChI is InChI=1S/C6H6BrFN2.ClH/c7-5-2-1-4(8)3-6(5)10-9;/h1-3,10H,9H2;1H. The molecule has 0 aliphatic heterocycles. The maximum absolute atomic E-state index is 12.4. The fraction of sp³-hybridized carbons (Fsp3) is 0. The van der Waals surface area contributed by atoms with Crippen LogP contribution < -0.4 is 11.3 Å². The summed E-state index contributed by atoms with van der Waals surface area (Å²) in [6.45, 7) is 0. The number of hydrogen-bond donors (Lipinski definition) is 2. The monoisotopic (exact) mass is 240 g/mol. The first-order chi connectivity index (χ1) is 4.74. The van der Waals surface area contributed by atoms with Crippen LogP contribution in [0, 0.1) is 5.82 Å². The van der Waals surface area contributed by atoms with Gasteiger partial charge in [-0.3, -0.25) is 5.84 Å². The minimum absolute atomic E-state index is 0. The van der Waals surface area contributed by atoms with E-state index in [4.69, 9.17) is 5.84 Å². The van der Waals surface area contributed by atoms with Crippen molar-refractivity contribution >= 4 is 34.0 Å². The number of halogens is 3. The Labute approximate surface area is 78.5 Å². The molecule has 62 valence electrons. The summed E-state index contributed by atoms with van der Waals surface area (Å²) in [6.07, 6.45) is 0. The summed E-state index contributed by atoms with van der Waals surface area (Å²) < 4.78 is 13.2. The van der Waals surface area contributed by atoms with Crippen LogP contribution in [0.4, 0.5) is 10.1 Å². The van der Waals surface area contributed by atoms with Gasteiger partial charge in [-0.2, -0.15) is 0 Å². The normalized spacial score (nSPS) is 8.64. The molecular weight excluding hydrogens is 234 g/mol. The second-order valence-corrected chi connectivity index (χ2v) is 2.62. The van der Waals surface area contributed by atoms with Gasteiger partial charge in [0.25, 0.3) is 0 Å². The molecule has 0 atom stereocenters. The zero-order valence-electron chi connectivity index (χ0n) is 5.47. The molecule has 0 spiro atoms. The molecule has 1 aromatic rings. The van der Waals surface area contributed by atoms with Crippen LogP contribution in [0.1, 0.15) is 0 Å². The highest BCUT2D eigenvalue weighted by Gasteiger charge is 1.97. The van der Waals surface area contributed by atoms with Gasteiger partial charge in [0.1, 0.15) is 5.82 Å². The Bertz CT molecular complexity index is 244. The molecule has 0 aliphatic carbocycles. The molecule has 0 saturated heterocycles. The third-order valence-corrected chi connectivity index (χ3v) is 1.78. The Morgan fingerprint density at radius 1 is 1.45 bits per heavy atom. The van der Waals surface area contributed by atoms with Gasteiger partial charge in [-0.05, 0) is 34.1 Å². The van der Waals surface area contributed by atoms with Crippen LogP contribution in [-0.2, 0) is 0 Å². The average Bonchev–Trinajstić information content (AvgIpc) is 1.94. The second kappa shape index (κ2) is 4.54. The Morgan fingerprint density at radius 2 is 2.09 bits per heavy atom. The zero-order valence-corrected chi connectivity index (χ0v) is 7.88. The molecule has 0 aliphatic rings. The van der Waals surface area contributed by atoms with Gasteiger partial charge < -0.3 is 5.43 Å².